The van der Waals surface area contributed by atoms with Gasteiger partial charge in [0.15, 0.2) is 0 Å². The van der Waals surface area contributed by atoms with Gasteiger partial charge in [0.25, 0.3) is 0 Å². The zero-order chi connectivity index (χ0) is 21.3. The summed E-state index contributed by atoms with van der Waals surface area (Å²) in [5.41, 5.74) is 0.524. The number of fused-ring (bicyclic) bond motifs is 3. The lowest BCUT2D eigenvalue weighted by molar-refractivity contribution is -0.138. The van der Waals surface area contributed by atoms with E-state index in [4.69, 9.17) is 9.84 Å². The highest BCUT2D eigenvalue weighted by Crippen LogP contribution is 2.49. The molecule has 0 amide bonds. The van der Waals surface area contributed by atoms with Crippen molar-refractivity contribution in [2.24, 2.45) is 11.8 Å². The summed E-state index contributed by atoms with van der Waals surface area (Å²) < 4.78 is 46.3. The average molecular weight is 422 g/mol. The highest BCUT2D eigenvalue weighted by molar-refractivity contribution is 5.69. The van der Waals surface area contributed by atoms with E-state index in [0.29, 0.717) is 17.8 Å². The van der Waals surface area contributed by atoms with Gasteiger partial charge in [0, 0.05) is 35.7 Å². The van der Waals surface area contributed by atoms with E-state index < -0.39 is 23.8 Å². The lowest BCUT2D eigenvalue weighted by Crippen LogP contribution is -2.48. The molecule has 3 aliphatic rings. The minimum Gasteiger partial charge on any atom is -0.480 e. The maximum atomic E-state index is 13.3. The number of allylic oxidation sites excluding steroid dienone is 3. The summed E-state index contributed by atoms with van der Waals surface area (Å²) in [5, 5.41) is 15.2. The molecule has 1 aromatic rings. The third-order valence-electron chi connectivity index (χ3n) is 6.14. The molecule has 0 radical (unpaired) electrons. The summed E-state index contributed by atoms with van der Waals surface area (Å²) in [6.07, 6.45) is 5.53. The molecule has 162 valence electrons. The standard InChI is InChI=1S/C22H25F3N2O3/c23-22(24,25)14-6-9-18-17(10-14)21-16(20(27-18)13-4-2-1-3-5-13)8-7-15(30-21)11-26-12-19(28)29/h1-4,6,9-10,13,15-16,20-21,26-27H,5,7-8,11-12H2,(H,28,29)/t13?,15-,16+,20+,21+/m1/s1. The fourth-order valence-electron chi connectivity index (χ4n) is 4.75. The first-order valence-electron chi connectivity index (χ1n) is 10.2. The van der Waals surface area contributed by atoms with Gasteiger partial charge in [-0.3, -0.25) is 4.79 Å². The zero-order valence-corrected chi connectivity index (χ0v) is 16.4. The van der Waals surface area contributed by atoms with Crippen LogP contribution in [0.5, 0.6) is 0 Å². The molecule has 1 fully saturated rings. The number of alkyl halides is 3. The van der Waals surface area contributed by atoms with Crippen molar-refractivity contribution in [1.82, 2.24) is 5.32 Å². The van der Waals surface area contributed by atoms with E-state index >= 15 is 0 Å². The number of aliphatic carboxylic acids is 1. The van der Waals surface area contributed by atoms with Gasteiger partial charge in [0.1, 0.15) is 0 Å². The second-order valence-corrected chi connectivity index (χ2v) is 8.13. The van der Waals surface area contributed by atoms with Gasteiger partial charge in [-0.05, 0) is 37.5 Å². The van der Waals surface area contributed by atoms with Crippen molar-refractivity contribution in [2.45, 2.75) is 43.7 Å². The molecule has 5 nitrogen and oxygen atoms in total. The van der Waals surface area contributed by atoms with Crippen molar-refractivity contribution in [3.05, 3.63) is 53.6 Å². The Morgan fingerprint density at radius 2 is 2.10 bits per heavy atom. The summed E-state index contributed by atoms with van der Waals surface area (Å²) in [6.45, 7) is 0.181. The Balaban J connectivity index is 1.61. The molecule has 4 rings (SSSR count). The van der Waals surface area contributed by atoms with Crippen LogP contribution in [0.15, 0.2) is 42.5 Å². The molecule has 1 aromatic carbocycles. The number of hydrogen-bond acceptors (Lipinski definition) is 4. The van der Waals surface area contributed by atoms with Crippen LogP contribution in [0, 0.1) is 11.8 Å². The molecule has 1 unspecified atom stereocenters. The summed E-state index contributed by atoms with van der Waals surface area (Å²) >= 11 is 0. The molecule has 0 spiro atoms. The Morgan fingerprint density at radius 1 is 1.27 bits per heavy atom. The van der Waals surface area contributed by atoms with Crippen molar-refractivity contribution < 1.29 is 27.8 Å². The molecule has 5 atom stereocenters. The maximum Gasteiger partial charge on any atom is 0.416 e. The van der Waals surface area contributed by atoms with Crippen LogP contribution in [0.25, 0.3) is 0 Å². The van der Waals surface area contributed by atoms with E-state index in [1.54, 1.807) is 0 Å². The first-order chi connectivity index (χ1) is 14.3. The molecular formula is C22H25F3N2O3. The molecule has 0 aromatic heterocycles. The van der Waals surface area contributed by atoms with Crippen molar-refractivity contribution in [3.8, 4) is 0 Å². The maximum absolute atomic E-state index is 13.3. The number of halogens is 3. The second-order valence-electron chi connectivity index (χ2n) is 8.13. The average Bonchev–Trinajstić information content (AvgIpc) is 2.72. The van der Waals surface area contributed by atoms with Gasteiger partial charge in [-0.15, -0.1) is 0 Å². The number of carboxylic acids is 1. The molecule has 2 aliphatic heterocycles. The van der Waals surface area contributed by atoms with Crippen LogP contribution in [0.3, 0.4) is 0 Å². The van der Waals surface area contributed by atoms with Crippen LogP contribution in [-0.4, -0.2) is 36.3 Å². The Bertz CT molecular complexity index is 853. The van der Waals surface area contributed by atoms with E-state index in [0.717, 1.165) is 25.3 Å². The fourth-order valence-corrected chi connectivity index (χ4v) is 4.75. The number of carboxylic acid groups (broad SMARTS) is 1. The zero-order valence-electron chi connectivity index (χ0n) is 16.4. The van der Waals surface area contributed by atoms with Crippen molar-refractivity contribution in [2.75, 3.05) is 18.4 Å². The Kier molecular flexibility index (Phi) is 5.88. The Morgan fingerprint density at radius 3 is 2.80 bits per heavy atom. The minimum absolute atomic E-state index is 0.0397. The van der Waals surface area contributed by atoms with E-state index in [9.17, 15) is 18.0 Å². The van der Waals surface area contributed by atoms with Crippen LogP contribution in [-0.2, 0) is 15.7 Å². The molecule has 2 heterocycles. The van der Waals surface area contributed by atoms with Gasteiger partial charge in [-0.1, -0.05) is 24.3 Å². The van der Waals surface area contributed by atoms with Crippen molar-refractivity contribution >= 4 is 11.7 Å². The van der Waals surface area contributed by atoms with Gasteiger partial charge in [0.05, 0.1) is 24.3 Å². The molecule has 0 bridgehead atoms. The molecule has 1 saturated heterocycles. The highest BCUT2D eigenvalue weighted by atomic mass is 19.4. The number of benzene rings is 1. The van der Waals surface area contributed by atoms with Crippen LogP contribution >= 0.6 is 0 Å². The first kappa shape index (κ1) is 20.9. The van der Waals surface area contributed by atoms with Gasteiger partial charge >= 0.3 is 12.1 Å². The highest BCUT2D eigenvalue weighted by Gasteiger charge is 2.44. The summed E-state index contributed by atoms with van der Waals surface area (Å²) in [5.74, 6) is -0.677. The predicted molar refractivity (Wildman–Crippen MR) is 106 cm³/mol. The van der Waals surface area contributed by atoms with Crippen LogP contribution < -0.4 is 10.6 Å². The van der Waals surface area contributed by atoms with Gasteiger partial charge < -0.3 is 20.5 Å². The third kappa shape index (κ3) is 4.39. The Hall–Kier alpha value is -2.32. The first-order valence-corrected chi connectivity index (χ1v) is 10.2. The lowest BCUT2D eigenvalue weighted by Gasteiger charge is -2.47. The Labute approximate surface area is 173 Å². The smallest absolute Gasteiger partial charge is 0.416 e. The predicted octanol–water partition coefficient (Wildman–Crippen LogP) is 4.14. The normalized spacial score (nSPS) is 30.3. The number of ether oxygens (including phenoxy) is 1. The summed E-state index contributed by atoms with van der Waals surface area (Å²) in [4.78, 5) is 10.8. The molecule has 0 saturated carbocycles. The summed E-state index contributed by atoms with van der Waals surface area (Å²) in [7, 11) is 0. The largest absolute Gasteiger partial charge is 0.480 e. The van der Waals surface area contributed by atoms with E-state index in [-0.39, 0.29) is 30.5 Å². The van der Waals surface area contributed by atoms with Gasteiger partial charge in [-0.25, -0.2) is 0 Å². The molecular weight excluding hydrogens is 397 g/mol. The summed E-state index contributed by atoms with van der Waals surface area (Å²) in [6, 6.07) is 3.86. The number of hydrogen-bond donors (Lipinski definition) is 3. The van der Waals surface area contributed by atoms with Crippen LogP contribution in [0.4, 0.5) is 18.9 Å². The second kappa shape index (κ2) is 8.43. The molecule has 30 heavy (non-hydrogen) atoms. The number of rotatable bonds is 5. The van der Waals surface area contributed by atoms with Gasteiger partial charge in [0.2, 0.25) is 0 Å². The van der Waals surface area contributed by atoms with E-state index in [2.05, 4.69) is 22.8 Å². The topological polar surface area (TPSA) is 70.6 Å². The van der Waals surface area contributed by atoms with Crippen molar-refractivity contribution in [1.29, 1.82) is 0 Å². The fraction of sp³-hybridized carbons (Fsp3) is 0.500. The van der Waals surface area contributed by atoms with Crippen molar-refractivity contribution in [3.63, 3.8) is 0 Å². The monoisotopic (exact) mass is 422 g/mol. The molecule has 1 aliphatic carbocycles. The quantitative estimate of drug-likeness (QED) is 0.665. The number of anilines is 1. The van der Waals surface area contributed by atoms with Crippen LogP contribution in [0.1, 0.15) is 36.5 Å². The van der Waals surface area contributed by atoms with Gasteiger partial charge in [-0.2, -0.15) is 13.2 Å². The van der Waals surface area contributed by atoms with E-state index in [1.165, 1.54) is 12.1 Å². The minimum atomic E-state index is -4.42. The number of nitrogens with one attached hydrogen (secondary N) is 2. The molecule has 8 heteroatoms. The van der Waals surface area contributed by atoms with E-state index in [1.807, 2.05) is 12.2 Å². The SMILES string of the molecule is O=C(O)CNC[C@H]1CC[C@@H]2[C@H](O1)c1cc(C(F)(F)F)ccc1N[C@H]2C1C=CC=CC1. The van der Waals surface area contributed by atoms with Crippen LogP contribution in [0.2, 0.25) is 0 Å². The lowest BCUT2D eigenvalue weighted by atomic mass is 9.73. The molecule has 3 N–H and O–H groups in total. The number of carbonyl (C=O) groups is 1. The third-order valence-corrected chi connectivity index (χ3v) is 6.14.